The highest BCUT2D eigenvalue weighted by atomic mass is 32.1. The molecule has 0 aliphatic carbocycles. The summed E-state index contributed by atoms with van der Waals surface area (Å²) in [5, 5.41) is 10.4. The van der Waals surface area contributed by atoms with E-state index in [0.717, 1.165) is 0 Å². The van der Waals surface area contributed by atoms with Crippen LogP contribution in [0.3, 0.4) is 0 Å². The van der Waals surface area contributed by atoms with Gasteiger partial charge in [-0.1, -0.05) is 103 Å². The van der Waals surface area contributed by atoms with Gasteiger partial charge in [0.2, 0.25) is 0 Å². The largest absolute Gasteiger partial charge is 0.309 e. The molecule has 242 valence electrons. The molecule has 52 heavy (non-hydrogen) atoms. The molecule has 0 radical (unpaired) electrons. The number of rotatable bonds is 3. The van der Waals surface area contributed by atoms with Gasteiger partial charge < -0.3 is 9.13 Å². The first-order chi connectivity index (χ1) is 25.8. The Kier molecular flexibility index (Phi) is 5.84. The Balaban J connectivity index is 1.07. The SMILES string of the molecule is c1ccc2c(c1)sc1c(-n3c4ccccc4c4cc(-c5ccc6c(c5)c5ccccc5n6-c5cccc6sc7ccccc7c56)ccc43)cccc12. The van der Waals surface area contributed by atoms with E-state index in [1.165, 1.54) is 106 Å². The summed E-state index contributed by atoms with van der Waals surface area (Å²) < 4.78 is 10.2. The highest BCUT2D eigenvalue weighted by molar-refractivity contribution is 7.26. The predicted octanol–water partition coefficient (Wildman–Crippen LogP) is 14.3. The second-order valence-electron chi connectivity index (χ2n) is 13.7. The quantitative estimate of drug-likeness (QED) is 0.174. The van der Waals surface area contributed by atoms with Crippen LogP contribution in [0.2, 0.25) is 0 Å². The zero-order chi connectivity index (χ0) is 33.9. The maximum atomic E-state index is 2.47. The van der Waals surface area contributed by atoms with Gasteiger partial charge in [-0.05, 0) is 77.9 Å². The molecular formula is C48H28N2S2. The topological polar surface area (TPSA) is 9.86 Å². The number of hydrogen-bond donors (Lipinski definition) is 0. The van der Waals surface area contributed by atoms with Crippen molar-refractivity contribution in [2.75, 3.05) is 0 Å². The van der Waals surface area contributed by atoms with Gasteiger partial charge in [-0.15, -0.1) is 22.7 Å². The number of thiophene rings is 2. The zero-order valence-electron chi connectivity index (χ0n) is 27.9. The summed E-state index contributed by atoms with van der Waals surface area (Å²) in [6, 6.07) is 62.8. The Morgan fingerprint density at radius 1 is 0.308 bits per heavy atom. The first-order valence-electron chi connectivity index (χ1n) is 17.7. The van der Waals surface area contributed by atoms with E-state index in [1.54, 1.807) is 0 Å². The van der Waals surface area contributed by atoms with Gasteiger partial charge >= 0.3 is 0 Å². The lowest BCUT2D eigenvalue weighted by Gasteiger charge is -2.11. The average Bonchev–Trinajstić information content (AvgIpc) is 3.95. The van der Waals surface area contributed by atoms with Gasteiger partial charge in [0.1, 0.15) is 0 Å². The summed E-state index contributed by atoms with van der Waals surface area (Å²) in [4.78, 5) is 0. The normalized spacial score (nSPS) is 12.2. The van der Waals surface area contributed by atoms with Gasteiger partial charge in [0.25, 0.3) is 0 Å². The summed E-state index contributed by atoms with van der Waals surface area (Å²) >= 11 is 3.76. The van der Waals surface area contributed by atoms with E-state index < -0.39 is 0 Å². The number of hydrogen-bond acceptors (Lipinski definition) is 2. The molecule has 0 saturated heterocycles. The molecular weight excluding hydrogens is 669 g/mol. The molecule has 4 aromatic heterocycles. The highest BCUT2D eigenvalue weighted by Crippen LogP contribution is 2.44. The standard InChI is InChI=1S/C48H28N2S2/c1-5-16-38-31(11-1)36-27-29(23-25-40(36)49(38)42-18-10-22-46-47(42)35-14-4-8-21-45(35)51-46)30-24-26-41-37(28-30)32-12-2-6-17-39(32)50(41)43-19-9-15-34-33-13-3-7-20-44(33)52-48(34)43/h1-28H. The molecule has 12 aromatic rings. The van der Waals surface area contributed by atoms with E-state index in [-0.39, 0.29) is 0 Å². The van der Waals surface area contributed by atoms with Crippen LogP contribution in [0.25, 0.3) is 106 Å². The third-order valence-electron chi connectivity index (χ3n) is 10.9. The monoisotopic (exact) mass is 696 g/mol. The van der Waals surface area contributed by atoms with E-state index in [1.807, 2.05) is 22.7 Å². The van der Waals surface area contributed by atoms with Crippen LogP contribution in [0.4, 0.5) is 0 Å². The fourth-order valence-corrected chi connectivity index (χ4v) is 11.0. The Morgan fingerprint density at radius 3 is 1.48 bits per heavy atom. The molecule has 0 aliphatic rings. The Hall–Kier alpha value is -6.20. The van der Waals surface area contributed by atoms with E-state index in [0.29, 0.717) is 0 Å². The van der Waals surface area contributed by atoms with Crippen molar-refractivity contribution in [3.8, 4) is 22.5 Å². The van der Waals surface area contributed by atoms with Crippen LogP contribution in [-0.2, 0) is 0 Å². The second-order valence-corrected chi connectivity index (χ2v) is 15.8. The van der Waals surface area contributed by atoms with Crippen molar-refractivity contribution in [3.05, 3.63) is 170 Å². The van der Waals surface area contributed by atoms with Gasteiger partial charge in [-0.3, -0.25) is 0 Å². The summed E-state index contributed by atoms with van der Waals surface area (Å²) in [5.41, 5.74) is 9.82. The number of para-hydroxylation sites is 2. The van der Waals surface area contributed by atoms with Crippen LogP contribution in [0.1, 0.15) is 0 Å². The van der Waals surface area contributed by atoms with E-state index in [2.05, 4.69) is 179 Å². The molecule has 4 heteroatoms. The van der Waals surface area contributed by atoms with Crippen molar-refractivity contribution in [1.82, 2.24) is 9.13 Å². The highest BCUT2D eigenvalue weighted by Gasteiger charge is 2.19. The van der Waals surface area contributed by atoms with Crippen molar-refractivity contribution in [3.63, 3.8) is 0 Å². The van der Waals surface area contributed by atoms with Crippen LogP contribution in [0.15, 0.2) is 170 Å². The van der Waals surface area contributed by atoms with Gasteiger partial charge in [0.05, 0.1) is 38.1 Å². The zero-order valence-corrected chi connectivity index (χ0v) is 29.5. The molecule has 0 N–H and O–H groups in total. The molecule has 0 atom stereocenters. The van der Waals surface area contributed by atoms with Gasteiger partial charge in [-0.2, -0.15) is 0 Å². The molecule has 0 saturated carbocycles. The van der Waals surface area contributed by atoms with E-state index in [9.17, 15) is 0 Å². The summed E-state index contributed by atoms with van der Waals surface area (Å²) in [6.45, 7) is 0. The molecule has 0 spiro atoms. The van der Waals surface area contributed by atoms with Crippen molar-refractivity contribution in [2.24, 2.45) is 0 Å². The molecule has 0 aliphatic heterocycles. The minimum atomic E-state index is 1.22. The molecule has 0 amide bonds. The molecule has 0 unspecified atom stereocenters. The summed E-state index contributed by atoms with van der Waals surface area (Å²) in [5.74, 6) is 0. The smallest absolute Gasteiger partial charge is 0.0640 e. The van der Waals surface area contributed by atoms with E-state index >= 15 is 0 Å². The number of nitrogens with zero attached hydrogens (tertiary/aromatic N) is 2. The van der Waals surface area contributed by atoms with Crippen LogP contribution >= 0.6 is 22.7 Å². The van der Waals surface area contributed by atoms with Crippen LogP contribution in [0, 0.1) is 0 Å². The van der Waals surface area contributed by atoms with Crippen LogP contribution < -0.4 is 0 Å². The minimum absolute atomic E-state index is 1.22. The van der Waals surface area contributed by atoms with Crippen molar-refractivity contribution >= 4 is 107 Å². The number of benzene rings is 8. The number of aromatic nitrogens is 2. The first kappa shape index (κ1) is 28.5. The van der Waals surface area contributed by atoms with Crippen molar-refractivity contribution < 1.29 is 0 Å². The maximum absolute atomic E-state index is 2.47. The minimum Gasteiger partial charge on any atom is -0.309 e. The molecule has 2 nitrogen and oxygen atoms in total. The summed E-state index contributed by atoms with van der Waals surface area (Å²) in [7, 11) is 0. The van der Waals surface area contributed by atoms with Gasteiger partial charge in [0.15, 0.2) is 0 Å². The Bertz CT molecular complexity index is 3420. The lowest BCUT2D eigenvalue weighted by Crippen LogP contribution is -1.94. The van der Waals surface area contributed by atoms with Crippen molar-refractivity contribution in [1.29, 1.82) is 0 Å². The lowest BCUT2D eigenvalue weighted by molar-refractivity contribution is 1.20. The molecule has 0 fully saturated rings. The Labute approximate surface area is 306 Å². The molecule has 8 aromatic carbocycles. The van der Waals surface area contributed by atoms with E-state index in [4.69, 9.17) is 0 Å². The second kappa shape index (κ2) is 10.7. The molecule has 0 bridgehead atoms. The van der Waals surface area contributed by atoms with Gasteiger partial charge in [-0.25, -0.2) is 0 Å². The van der Waals surface area contributed by atoms with Gasteiger partial charge in [0, 0.05) is 57.2 Å². The van der Waals surface area contributed by atoms with Crippen LogP contribution in [0.5, 0.6) is 0 Å². The summed E-state index contributed by atoms with van der Waals surface area (Å²) in [6.07, 6.45) is 0. The van der Waals surface area contributed by atoms with Crippen molar-refractivity contribution in [2.45, 2.75) is 0 Å². The lowest BCUT2D eigenvalue weighted by atomic mass is 10.0. The maximum Gasteiger partial charge on any atom is 0.0640 e. The third-order valence-corrected chi connectivity index (χ3v) is 13.3. The third kappa shape index (κ3) is 3.88. The fraction of sp³-hybridized carbons (Fsp3) is 0. The first-order valence-corrected chi connectivity index (χ1v) is 19.3. The predicted molar refractivity (Wildman–Crippen MR) is 226 cm³/mol. The average molecular weight is 697 g/mol. The fourth-order valence-electron chi connectivity index (χ4n) is 8.67. The number of fused-ring (bicyclic) bond motifs is 12. The Morgan fingerprint density at radius 2 is 0.788 bits per heavy atom. The van der Waals surface area contributed by atoms with Crippen LogP contribution in [-0.4, -0.2) is 9.13 Å². The molecule has 4 heterocycles. The molecule has 12 rings (SSSR count).